The van der Waals surface area contributed by atoms with Gasteiger partial charge in [-0.1, -0.05) is 6.07 Å². The molecule has 1 fully saturated rings. The zero-order chi connectivity index (χ0) is 17.2. The highest BCUT2D eigenvalue weighted by molar-refractivity contribution is 9.10. The number of halogens is 1. The van der Waals surface area contributed by atoms with E-state index in [1.54, 1.807) is 12.4 Å². The van der Waals surface area contributed by atoms with E-state index >= 15 is 0 Å². The van der Waals surface area contributed by atoms with E-state index in [1.807, 2.05) is 29.2 Å². The fourth-order valence-electron chi connectivity index (χ4n) is 3.44. The zero-order valence-corrected chi connectivity index (χ0v) is 15.4. The minimum absolute atomic E-state index is 0.0170. The second kappa shape index (κ2) is 7.04. The molecule has 0 saturated carbocycles. The number of rotatable bonds is 2. The summed E-state index contributed by atoms with van der Waals surface area (Å²) in [7, 11) is 0. The van der Waals surface area contributed by atoms with Gasteiger partial charge < -0.3 is 14.4 Å². The first kappa shape index (κ1) is 16.4. The molecule has 0 aliphatic carbocycles. The van der Waals surface area contributed by atoms with Gasteiger partial charge >= 0.3 is 0 Å². The molecule has 2 aliphatic rings. The van der Waals surface area contributed by atoms with Gasteiger partial charge in [-0.2, -0.15) is 0 Å². The first-order valence-corrected chi connectivity index (χ1v) is 9.33. The van der Waals surface area contributed by atoms with Crippen molar-refractivity contribution in [2.24, 2.45) is 0 Å². The Morgan fingerprint density at radius 2 is 1.96 bits per heavy atom. The molecule has 4 rings (SSSR count). The summed E-state index contributed by atoms with van der Waals surface area (Å²) in [5.41, 5.74) is 1.70. The van der Waals surface area contributed by atoms with Gasteiger partial charge in [-0.15, -0.1) is 0 Å². The standard InChI is InChI=1S/C19H19BrN2O3/c20-15-9-14(11-21-12-15)19(23)22-6-1-3-16(22)13-4-5-17-18(10-13)25-8-2-7-24-17/h4-5,9-12,16H,1-3,6-8H2. The molecular formula is C19H19BrN2O3. The van der Waals surface area contributed by atoms with Crippen LogP contribution in [-0.2, 0) is 0 Å². The highest BCUT2D eigenvalue weighted by Crippen LogP contribution is 2.38. The maximum Gasteiger partial charge on any atom is 0.255 e. The van der Waals surface area contributed by atoms with E-state index in [9.17, 15) is 4.79 Å². The van der Waals surface area contributed by atoms with Crippen LogP contribution in [0.25, 0.3) is 0 Å². The molecule has 0 radical (unpaired) electrons. The van der Waals surface area contributed by atoms with E-state index in [0.717, 1.165) is 47.3 Å². The molecule has 0 N–H and O–H groups in total. The number of likely N-dealkylation sites (tertiary alicyclic amines) is 1. The lowest BCUT2D eigenvalue weighted by Crippen LogP contribution is -2.30. The number of hydrogen-bond donors (Lipinski definition) is 0. The number of aromatic nitrogens is 1. The van der Waals surface area contributed by atoms with Crippen molar-refractivity contribution in [2.75, 3.05) is 19.8 Å². The number of amides is 1. The van der Waals surface area contributed by atoms with Gasteiger partial charge in [0.2, 0.25) is 0 Å². The van der Waals surface area contributed by atoms with Crippen LogP contribution in [0.1, 0.15) is 41.2 Å². The quantitative estimate of drug-likeness (QED) is 0.761. The summed E-state index contributed by atoms with van der Waals surface area (Å²) in [5, 5.41) is 0. The average Bonchev–Trinajstić information content (AvgIpc) is 2.99. The van der Waals surface area contributed by atoms with Gasteiger partial charge in [-0.25, -0.2) is 0 Å². The molecule has 25 heavy (non-hydrogen) atoms. The topological polar surface area (TPSA) is 51.7 Å². The van der Waals surface area contributed by atoms with Crippen molar-refractivity contribution in [1.29, 1.82) is 0 Å². The largest absolute Gasteiger partial charge is 0.490 e. The van der Waals surface area contributed by atoms with Gasteiger partial charge in [0.1, 0.15) is 0 Å². The van der Waals surface area contributed by atoms with Gasteiger partial charge in [0.25, 0.3) is 5.91 Å². The predicted molar refractivity (Wildman–Crippen MR) is 97.0 cm³/mol. The molecule has 1 aromatic carbocycles. The molecule has 1 aromatic heterocycles. The number of pyridine rings is 1. The molecule has 5 nitrogen and oxygen atoms in total. The Hall–Kier alpha value is -2.08. The van der Waals surface area contributed by atoms with Gasteiger partial charge in [0, 0.05) is 29.8 Å². The van der Waals surface area contributed by atoms with Crippen molar-refractivity contribution in [2.45, 2.75) is 25.3 Å². The summed E-state index contributed by atoms with van der Waals surface area (Å²) < 4.78 is 12.3. The van der Waals surface area contributed by atoms with Crippen LogP contribution in [0.2, 0.25) is 0 Å². The third-order valence-corrected chi connectivity index (χ3v) is 5.06. The lowest BCUT2D eigenvalue weighted by molar-refractivity contribution is 0.0735. The van der Waals surface area contributed by atoms with Crippen molar-refractivity contribution in [3.8, 4) is 11.5 Å². The minimum Gasteiger partial charge on any atom is -0.490 e. The molecule has 0 spiro atoms. The SMILES string of the molecule is O=C(c1cncc(Br)c1)N1CCCC1c1ccc2c(c1)OCCCO2. The smallest absolute Gasteiger partial charge is 0.255 e. The van der Waals surface area contributed by atoms with Crippen molar-refractivity contribution in [3.63, 3.8) is 0 Å². The van der Waals surface area contributed by atoms with Crippen LogP contribution in [0.5, 0.6) is 11.5 Å². The number of hydrogen-bond acceptors (Lipinski definition) is 4. The summed E-state index contributed by atoms with van der Waals surface area (Å²) in [6, 6.07) is 7.90. The number of fused-ring (bicyclic) bond motifs is 1. The summed E-state index contributed by atoms with van der Waals surface area (Å²) >= 11 is 3.38. The number of carbonyl (C=O) groups excluding carboxylic acids is 1. The highest BCUT2D eigenvalue weighted by Gasteiger charge is 2.31. The lowest BCUT2D eigenvalue weighted by atomic mass is 10.0. The third-order valence-electron chi connectivity index (χ3n) is 4.62. The number of carbonyl (C=O) groups is 1. The van der Waals surface area contributed by atoms with Gasteiger partial charge in [0.05, 0.1) is 24.8 Å². The second-order valence-electron chi connectivity index (χ2n) is 6.31. The fourth-order valence-corrected chi connectivity index (χ4v) is 3.80. The maximum absolute atomic E-state index is 12.9. The molecule has 2 aromatic rings. The van der Waals surface area contributed by atoms with E-state index < -0.39 is 0 Å². The summed E-state index contributed by atoms with van der Waals surface area (Å²) in [6.45, 7) is 2.09. The molecule has 3 heterocycles. The number of benzene rings is 1. The number of ether oxygens (including phenoxy) is 2. The zero-order valence-electron chi connectivity index (χ0n) is 13.8. The summed E-state index contributed by atoms with van der Waals surface area (Å²) in [4.78, 5) is 19.0. The Morgan fingerprint density at radius 3 is 2.80 bits per heavy atom. The normalized spacial score (nSPS) is 19.6. The lowest BCUT2D eigenvalue weighted by Gasteiger charge is -2.25. The first-order chi connectivity index (χ1) is 12.2. The first-order valence-electron chi connectivity index (χ1n) is 8.53. The van der Waals surface area contributed by atoms with Crippen molar-refractivity contribution >= 4 is 21.8 Å². The molecule has 1 unspecified atom stereocenters. The van der Waals surface area contributed by atoms with Crippen LogP contribution in [0.15, 0.2) is 41.1 Å². The van der Waals surface area contributed by atoms with Gasteiger partial charge in [-0.3, -0.25) is 9.78 Å². The van der Waals surface area contributed by atoms with Crippen LogP contribution in [0.3, 0.4) is 0 Å². The molecule has 1 saturated heterocycles. The highest BCUT2D eigenvalue weighted by atomic mass is 79.9. The average molecular weight is 403 g/mol. The van der Waals surface area contributed by atoms with E-state index in [0.29, 0.717) is 18.8 Å². The number of nitrogens with zero attached hydrogens (tertiary/aromatic N) is 2. The Morgan fingerprint density at radius 1 is 1.12 bits per heavy atom. The molecular weight excluding hydrogens is 384 g/mol. The third kappa shape index (κ3) is 3.35. The van der Waals surface area contributed by atoms with Crippen molar-refractivity contribution in [3.05, 3.63) is 52.3 Å². The second-order valence-corrected chi connectivity index (χ2v) is 7.22. The Balaban J connectivity index is 1.61. The van der Waals surface area contributed by atoms with Crippen LogP contribution < -0.4 is 9.47 Å². The molecule has 1 atom stereocenters. The molecule has 130 valence electrons. The molecule has 6 heteroatoms. The van der Waals surface area contributed by atoms with Gasteiger partial charge in [0.15, 0.2) is 11.5 Å². The Labute approximate surface area is 155 Å². The predicted octanol–water partition coefficient (Wildman–Crippen LogP) is 3.98. The van der Waals surface area contributed by atoms with Gasteiger partial charge in [-0.05, 0) is 52.5 Å². The molecule has 1 amide bonds. The van der Waals surface area contributed by atoms with E-state index in [2.05, 4.69) is 20.9 Å². The van der Waals surface area contributed by atoms with Crippen LogP contribution in [0, 0.1) is 0 Å². The Kier molecular flexibility index (Phi) is 4.61. The fraction of sp³-hybridized carbons (Fsp3) is 0.368. The summed E-state index contributed by atoms with van der Waals surface area (Å²) in [6.07, 6.45) is 6.13. The van der Waals surface area contributed by atoms with E-state index in [4.69, 9.17) is 9.47 Å². The van der Waals surface area contributed by atoms with Crippen molar-refractivity contribution in [1.82, 2.24) is 9.88 Å². The van der Waals surface area contributed by atoms with E-state index in [1.165, 1.54) is 0 Å². The Bertz CT molecular complexity index is 796. The van der Waals surface area contributed by atoms with Crippen LogP contribution >= 0.6 is 15.9 Å². The summed E-state index contributed by atoms with van der Waals surface area (Å²) in [5.74, 6) is 1.58. The van der Waals surface area contributed by atoms with E-state index in [-0.39, 0.29) is 11.9 Å². The molecule has 0 bridgehead atoms. The van der Waals surface area contributed by atoms with Crippen LogP contribution in [0.4, 0.5) is 0 Å². The maximum atomic E-state index is 12.9. The van der Waals surface area contributed by atoms with Crippen molar-refractivity contribution < 1.29 is 14.3 Å². The minimum atomic E-state index is 0.0170. The monoisotopic (exact) mass is 402 g/mol. The van der Waals surface area contributed by atoms with Crippen LogP contribution in [-0.4, -0.2) is 35.5 Å². The molecule has 2 aliphatic heterocycles.